The molecule has 4 aliphatic carbocycles. The highest BCUT2D eigenvalue weighted by molar-refractivity contribution is 5.95. The number of hydrogen-bond donors (Lipinski definition) is 2. The molecule has 0 radical (unpaired) electrons. The van der Waals surface area contributed by atoms with E-state index in [0.29, 0.717) is 29.1 Å². The van der Waals surface area contributed by atoms with E-state index in [1.54, 1.807) is 6.20 Å². The highest BCUT2D eigenvalue weighted by Gasteiger charge is 2.55. The van der Waals surface area contributed by atoms with Crippen LogP contribution in [0.25, 0.3) is 0 Å². The van der Waals surface area contributed by atoms with Gasteiger partial charge in [0.05, 0.1) is 16.9 Å². The Morgan fingerprint density at radius 1 is 1.24 bits per heavy atom. The van der Waals surface area contributed by atoms with Crippen molar-refractivity contribution in [1.82, 2.24) is 15.3 Å². The molecule has 25 heavy (non-hydrogen) atoms. The monoisotopic (exact) mass is 343 g/mol. The number of nitrogens with zero attached hydrogens (tertiary/aromatic N) is 2. The van der Waals surface area contributed by atoms with Crippen LogP contribution in [0.3, 0.4) is 0 Å². The average Bonchev–Trinajstić information content (AvgIpc) is 2.48. The lowest BCUT2D eigenvalue weighted by Crippen LogP contribution is -2.61. The summed E-state index contributed by atoms with van der Waals surface area (Å²) in [6, 6.07) is 0.179. The minimum atomic E-state index is -0.471. The number of aryl methyl sites for hydroxylation is 1. The van der Waals surface area contributed by atoms with Crippen molar-refractivity contribution in [3.05, 3.63) is 23.3 Å². The van der Waals surface area contributed by atoms with Crippen molar-refractivity contribution in [2.24, 2.45) is 17.8 Å². The molecule has 2 atom stereocenters. The lowest BCUT2D eigenvalue weighted by atomic mass is 9.52. The second kappa shape index (κ2) is 5.50. The van der Waals surface area contributed by atoms with Gasteiger partial charge in [-0.15, -0.1) is 0 Å². The Morgan fingerprint density at radius 2 is 1.88 bits per heavy atom. The van der Waals surface area contributed by atoms with Crippen LogP contribution in [0.5, 0.6) is 0 Å². The lowest BCUT2D eigenvalue weighted by molar-refractivity contribution is -0.136. The molecule has 0 aromatic carbocycles. The van der Waals surface area contributed by atoms with Gasteiger partial charge < -0.3 is 10.4 Å². The minimum Gasteiger partial charge on any atom is -0.390 e. The second-order valence-corrected chi connectivity index (χ2v) is 9.62. The summed E-state index contributed by atoms with van der Waals surface area (Å²) in [6.07, 6.45) is 6.58. The van der Waals surface area contributed by atoms with Gasteiger partial charge in [-0.2, -0.15) is 0 Å². The van der Waals surface area contributed by atoms with Crippen molar-refractivity contribution in [2.75, 3.05) is 0 Å². The van der Waals surface area contributed by atoms with Crippen molar-refractivity contribution < 1.29 is 9.90 Å². The molecule has 136 valence electrons. The summed E-state index contributed by atoms with van der Waals surface area (Å²) in [6.45, 7) is 8.08. The normalized spacial score (nSPS) is 36.5. The van der Waals surface area contributed by atoms with Crippen molar-refractivity contribution >= 4 is 5.91 Å². The molecule has 4 fully saturated rings. The number of nitrogens with one attached hydrogen (secondary N) is 1. The Kier molecular flexibility index (Phi) is 3.73. The molecule has 4 saturated carbocycles. The van der Waals surface area contributed by atoms with Crippen molar-refractivity contribution in [2.45, 2.75) is 76.9 Å². The molecule has 1 heterocycles. The van der Waals surface area contributed by atoms with Crippen LogP contribution >= 0.6 is 0 Å². The van der Waals surface area contributed by atoms with Gasteiger partial charge in [0.25, 0.3) is 5.91 Å². The maximum absolute atomic E-state index is 13.0. The van der Waals surface area contributed by atoms with Gasteiger partial charge in [0, 0.05) is 17.7 Å². The van der Waals surface area contributed by atoms with Crippen LogP contribution in [0.2, 0.25) is 0 Å². The van der Waals surface area contributed by atoms with Crippen LogP contribution in [-0.2, 0) is 5.41 Å². The van der Waals surface area contributed by atoms with E-state index in [4.69, 9.17) is 0 Å². The molecule has 4 aliphatic rings. The molecular formula is C20H29N3O2. The largest absolute Gasteiger partial charge is 0.390 e. The molecule has 2 unspecified atom stereocenters. The van der Waals surface area contributed by atoms with Crippen LogP contribution < -0.4 is 5.32 Å². The number of amides is 1. The molecule has 0 aliphatic heterocycles. The molecule has 4 bridgehead atoms. The molecule has 0 saturated heterocycles. The zero-order chi connectivity index (χ0) is 18.0. The van der Waals surface area contributed by atoms with Crippen LogP contribution in [0, 0.1) is 24.7 Å². The van der Waals surface area contributed by atoms with E-state index in [0.717, 1.165) is 37.8 Å². The van der Waals surface area contributed by atoms with Gasteiger partial charge in [-0.25, -0.2) is 9.97 Å². The second-order valence-electron chi connectivity index (χ2n) is 9.62. The fourth-order valence-corrected chi connectivity index (χ4v) is 5.65. The molecule has 1 aromatic rings. The first kappa shape index (κ1) is 17.0. The van der Waals surface area contributed by atoms with Gasteiger partial charge >= 0.3 is 0 Å². The Balaban J connectivity index is 1.58. The average molecular weight is 343 g/mol. The molecular weight excluding hydrogens is 314 g/mol. The highest BCUT2D eigenvalue weighted by atomic mass is 16.3. The van der Waals surface area contributed by atoms with Gasteiger partial charge in [0.15, 0.2) is 0 Å². The predicted molar refractivity (Wildman–Crippen MR) is 95.2 cm³/mol. The van der Waals surface area contributed by atoms with Gasteiger partial charge in [0.1, 0.15) is 5.82 Å². The fraction of sp³-hybridized carbons (Fsp3) is 0.750. The third kappa shape index (κ3) is 2.97. The molecule has 0 spiro atoms. The zero-order valence-electron chi connectivity index (χ0n) is 15.7. The van der Waals surface area contributed by atoms with Gasteiger partial charge in [-0.1, -0.05) is 20.8 Å². The van der Waals surface area contributed by atoms with E-state index in [-0.39, 0.29) is 17.4 Å². The van der Waals surface area contributed by atoms with E-state index in [9.17, 15) is 9.90 Å². The molecule has 1 aromatic heterocycles. The Hall–Kier alpha value is -1.49. The van der Waals surface area contributed by atoms with Crippen molar-refractivity contribution in [1.29, 1.82) is 0 Å². The topological polar surface area (TPSA) is 75.1 Å². The number of aromatic nitrogens is 2. The van der Waals surface area contributed by atoms with Crippen LogP contribution in [0.4, 0.5) is 0 Å². The van der Waals surface area contributed by atoms with E-state index in [2.05, 4.69) is 36.1 Å². The number of aliphatic hydroxyl groups is 1. The highest BCUT2D eigenvalue weighted by Crippen LogP contribution is 2.55. The summed E-state index contributed by atoms with van der Waals surface area (Å²) in [5, 5.41) is 14.0. The van der Waals surface area contributed by atoms with Crippen molar-refractivity contribution in [3.63, 3.8) is 0 Å². The molecule has 5 heteroatoms. The molecule has 1 amide bonds. The van der Waals surface area contributed by atoms with Crippen LogP contribution in [0.1, 0.15) is 74.8 Å². The smallest absolute Gasteiger partial charge is 0.254 e. The van der Waals surface area contributed by atoms with Gasteiger partial charge in [-0.3, -0.25) is 4.79 Å². The quantitative estimate of drug-likeness (QED) is 0.866. The minimum absolute atomic E-state index is 0.0608. The van der Waals surface area contributed by atoms with E-state index in [1.165, 1.54) is 0 Å². The predicted octanol–water partition coefficient (Wildman–Crippen LogP) is 2.75. The van der Waals surface area contributed by atoms with Gasteiger partial charge in [-0.05, 0) is 56.8 Å². The number of carbonyl (C=O) groups excluding carboxylic acids is 1. The van der Waals surface area contributed by atoms with E-state index in [1.807, 2.05) is 6.92 Å². The van der Waals surface area contributed by atoms with Crippen LogP contribution in [-0.4, -0.2) is 32.6 Å². The summed E-state index contributed by atoms with van der Waals surface area (Å²) < 4.78 is 0. The third-order valence-electron chi connectivity index (χ3n) is 6.40. The Labute approximate surface area is 149 Å². The fourth-order valence-electron chi connectivity index (χ4n) is 5.65. The third-order valence-corrected chi connectivity index (χ3v) is 6.40. The Bertz CT molecular complexity index is 693. The van der Waals surface area contributed by atoms with E-state index >= 15 is 0 Å². The summed E-state index contributed by atoms with van der Waals surface area (Å²) >= 11 is 0. The molecule has 2 N–H and O–H groups in total. The Morgan fingerprint density at radius 3 is 2.44 bits per heavy atom. The number of hydrogen-bond acceptors (Lipinski definition) is 4. The first-order valence-electron chi connectivity index (χ1n) is 9.52. The summed E-state index contributed by atoms with van der Waals surface area (Å²) in [5.41, 5.74) is 0.714. The molecule has 5 rings (SSSR count). The van der Waals surface area contributed by atoms with Gasteiger partial charge in [0.2, 0.25) is 0 Å². The first-order chi connectivity index (χ1) is 11.6. The first-order valence-corrected chi connectivity index (χ1v) is 9.52. The zero-order valence-corrected chi connectivity index (χ0v) is 15.7. The molecule has 5 nitrogen and oxygen atoms in total. The lowest BCUT2D eigenvalue weighted by Gasteiger charge is -2.58. The summed E-state index contributed by atoms with van der Waals surface area (Å²) in [7, 11) is 0. The summed E-state index contributed by atoms with van der Waals surface area (Å²) in [4.78, 5) is 21.8. The summed E-state index contributed by atoms with van der Waals surface area (Å²) in [5.74, 6) is 2.09. The SMILES string of the molecule is Cc1ncc(C(=O)N[C@H]2C3CC4CC2C[C@@](O)(C4)C3)c(C(C)(C)C)n1. The number of carbonyl (C=O) groups is 1. The standard InChI is InChI=1S/C20H29N3O2/c1-11-21-10-15(17(22-11)19(2,3)4)18(24)23-16-13-5-12-6-14(16)9-20(25,7-12)8-13/h10,12-14,16,25H,5-9H2,1-4H3,(H,23,24)/t12?,13?,14?,16-,20+. The maximum atomic E-state index is 13.0. The van der Waals surface area contributed by atoms with Crippen molar-refractivity contribution in [3.8, 4) is 0 Å². The number of rotatable bonds is 2. The van der Waals surface area contributed by atoms with Crippen LogP contribution in [0.15, 0.2) is 6.20 Å². The maximum Gasteiger partial charge on any atom is 0.254 e. The van der Waals surface area contributed by atoms with E-state index < -0.39 is 5.60 Å².